The summed E-state index contributed by atoms with van der Waals surface area (Å²) in [6.07, 6.45) is 0. The fourth-order valence-corrected chi connectivity index (χ4v) is 2.85. The van der Waals surface area contributed by atoms with Gasteiger partial charge in [0.1, 0.15) is 5.52 Å². The molecule has 0 radical (unpaired) electrons. The van der Waals surface area contributed by atoms with Crippen molar-refractivity contribution in [2.75, 3.05) is 5.73 Å². The second kappa shape index (κ2) is 5.15. The largest absolute Gasteiger partial charge is 0.431 e. The first kappa shape index (κ1) is 12.4. The van der Waals surface area contributed by atoms with Crippen LogP contribution in [0.1, 0.15) is 5.56 Å². The van der Waals surface area contributed by atoms with Crippen molar-refractivity contribution in [2.24, 2.45) is 0 Å². The molecule has 0 spiro atoms. The number of anilines is 1. The van der Waals surface area contributed by atoms with E-state index in [4.69, 9.17) is 21.8 Å². The van der Waals surface area contributed by atoms with Crippen molar-refractivity contribution >= 4 is 40.1 Å². The topological polar surface area (TPSA) is 52.0 Å². The Labute approximate surface area is 119 Å². The average molecular weight is 291 g/mol. The number of halogens is 1. The first-order valence-corrected chi connectivity index (χ1v) is 7.11. The minimum atomic E-state index is 0.639. The molecule has 0 amide bonds. The number of hydrogen-bond donors (Lipinski definition) is 1. The zero-order valence-corrected chi connectivity index (χ0v) is 11.5. The number of fused-ring (bicyclic) bond motifs is 1. The van der Waals surface area contributed by atoms with E-state index in [0.29, 0.717) is 21.7 Å². The minimum Gasteiger partial charge on any atom is -0.431 e. The number of benzene rings is 2. The second-order valence-corrected chi connectivity index (χ2v) is 5.42. The van der Waals surface area contributed by atoms with Gasteiger partial charge in [0.05, 0.1) is 0 Å². The van der Waals surface area contributed by atoms with Crippen molar-refractivity contribution in [3.63, 3.8) is 0 Å². The van der Waals surface area contributed by atoms with E-state index in [1.807, 2.05) is 30.3 Å². The Morgan fingerprint density at radius 3 is 2.89 bits per heavy atom. The molecule has 0 aliphatic rings. The third-order valence-corrected chi connectivity index (χ3v) is 3.94. The smallest absolute Gasteiger partial charge is 0.257 e. The maximum atomic E-state index is 6.12. The maximum absolute atomic E-state index is 6.12. The molecule has 1 heterocycles. The van der Waals surface area contributed by atoms with Gasteiger partial charge in [0.15, 0.2) is 5.58 Å². The summed E-state index contributed by atoms with van der Waals surface area (Å²) in [5.41, 5.74) is 9.10. The fourth-order valence-electron chi connectivity index (χ4n) is 1.76. The van der Waals surface area contributed by atoms with E-state index in [1.165, 1.54) is 11.8 Å². The molecule has 0 unspecified atom stereocenters. The monoisotopic (exact) mass is 290 g/mol. The Morgan fingerprint density at radius 1 is 1.21 bits per heavy atom. The number of para-hydroxylation sites is 2. The van der Waals surface area contributed by atoms with Crippen molar-refractivity contribution in [3.8, 4) is 0 Å². The molecule has 5 heteroatoms. The van der Waals surface area contributed by atoms with E-state index in [-0.39, 0.29) is 0 Å². The van der Waals surface area contributed by atoms with Gasteiger partial charge in [-0.1, -0.05) is 35.5 Å². The lowest BCUT2D eigenvalue weighted by atomic mass is 10.2. The van der Waals surface area contributed by atoms with Crippen LogP contribution in [0.15, 0.2) is 52.1 Å². The molecule has 0 saturated heterocycles. The van der Waals surface area contributed by atoms with Gasteiger partial charge in [-0.3, -0.25) is 0 Å². The van der Waals surface area contributed by atoms with Crippen LogP contribution < -0.4 is 5.73 Å². The molecule has 2 N–H and O–H groups in total. The van der Waals surface area contributed by atoms with Gasteiger partial charge in [-0.05, 0) is 35.9 Å². The van der Waals surface area contributed by atoms with Crippen LogP contribution in [0.25, 0.3) is 11.1 Å². The molecule has 3 nitrogen and oxygen atoms in total. The lowest BCUT2D eigenvalue weighted by Gasteiger charge is -2.03. The summed E-state index contributed by atoms with van der Waals surface area (Å²) in [5, 5.41) is 1.34. The van der Waals surface area contributed by atoms with Crippen molar-refractivity contribution in [2.45, 2.75) is 11.0 Å². The predicted molar refractivity (Wildman–Crippen MR) is 79.4 cm³/mol. The lowest BCUT2D eigenvalue weighted by Crippen LogP contribution is -1.88. The third kappa shape index (κ3) is 2.69. The summed E-state index contributed by atoms with van der Waals surface area (Å²) in [6.45, 7) is 0. The van der Waals surface area contributed by atoms with E-state index < -0.39 is 0 Å². The summed E-state index contributed by atoms with van der Waals surface area (Å²) < 4.78 is 5.64. The zero-order valence-electron chi connectivity index (χ0n) is 9.97. The molecular weight excluding hydrogens is 280 g/mol. The molecule has 0 aliphatic heterocycles. The minimum absolute atomic E-state index is 0.639. The predicted octanol–water partition coefficient (Wildman–Crippen LogP) is 4.36. The Hall–Kier alpha value is -1.65. The summed E-state index contributed by atoms with van der Waals surface area (Å²) in [4.78, 5) is 4.40. The van der Waals surface area contributed by atoms with Gasteiger partial charge in [0, 0.05) is 16.5 Å². The van der Waals surface area contributed by atoms with Crippen LogP contribution in [0.3, 0.4) is 0 Å². The van der Waals surface area contributed by atoms with Gasteiger partial charge in [0.25, 0.3) is 5.22 Å². The number of aromatic nitrogens is 1. The molecule has 0 saturated carbocycles. The average Bonchev–Trinajstić information content (AvgIpc) is 2.82. The van der Waals surface area contributed by atoms with E-state index >= 15 is 0 Å². The van der Waals surface area contributed by atoms with Crippen LogP contribution in [-0.4, -0.2) is 4.98 Å². The number of hydrogen-bond acceptors (Lipinski definition) is 4. The SMILES string of the molecule is Nc1ccc(Cl)c(CSc2nc3ccccc3o2)c1. The van der Waals surface area contributed by atoms with Gasteiger partial charge in [-0.15, -0.1) is 0 Å². The Bertz CT molecular complexity index is 693. The number of nitrogens with zero attached hydrogens (tertiary/aromatic N) is 1. The molecule has 1 aromatic heterocycles. The number of thioether (sulfide) groups is 1. The van der Waals surface area contributed by atoms with E-state index in [1.54, 1.807) is 12.1 Å². The van der Waals surface area contributed by atoms with E-state index in [2.05, 4.69) is 4.98 Å². The van der Waals surface area contributed by atoms with Crippen LogP contribution in [0.5, 0.6) is 0 Å². The van der Waals surface area contributed by atoms with Gasteiger partial charge >= 0.3 is 0 Å². The Kier molecular flexibility index (Phi) is 3.36. The molecule has 0 aliphatic carbocycles. The van der Waals surface area contributed by atoms with Gasteiger partial charge in [0.2, 0.25) is 0 Å². The highest BCUT2D eigenvalue weighted by molar-refractivity contribution is 7.98. The van der Waals surface area contributed by atoms with E-state index in [9.17, 15) is 0 Å². The molecule has 0 atom stereocenters. The van der Waals surface area contributed by atoms with Crippen LogP contribution in [0.2, 0.25) is 5.02 Å². The van der Waals surface area contributed by atoms with Crippen LogP contribution in [-0.2, 0) is 5.75 Å². The second-order valence-electron chi connectivity index (χ2n) is 4.09. The molecule has 0 bridgehead atoms. The highest BCUT2D eigenvalue weighted by Gasteiger charge is 2.08. The first-order chi connectivity index (χ1) is 9.22. The highest BCUT2D eigenvalue weighted by Crippen LogP contribution is 2.29. The summed E-state index contributed by atoms with van der Waals surface area (Å²) in [7, 11) is 0. The van der Waals surface area contributed by atoms with Crippen LogP contribution >= 0.6 is 23.4 Å². The molecular formula is C14H11ClN2OS. The maximum Gasteiger partial charge on any atom is 0.257 e. The summed E-state index contributed by atoms with van der Waals surface area (Å²) in [5.74, 6) is 0.677. The number of nitrogen functional groups attached to an aromatic ring is 1. The zero-order chi connectivity index (χ0) is 13.2. The Balaban J connectivity index is 1.80. The molecule has 2 aromatic carbocycles. The Morgan fingerprint density at radius 2 is 2.05 bits per heavy atom. The number of nitrogens with two attached hydrogens (primary N) is 1. The first-order valence-electron chi connectivity index (χ1n) is 5.74. The van der Waals surface area contributed by atoms with Gasteiger partial charge < -0.3 is 10.2 Å². The van der Waals surface area contributed by atoms with Crippen molar-refractivity contribution < 1.29 is 4.42 Å². The summed E-state index contributed by atoms with van der Waals surface area (Å²) in [6, 6.07) is 13.2. The highest BCUT2D eigenvalue weighted by atomic mass is 35.5. The summed E-state index contributed by atoms with van der Waals surface area (Å²) >= 11 is 7.63. The third-order valence-electron chi connectivity index (χ3n) is 2.70. The molecule has 96 valence electrons. The lowest BCUT2D eigenvalue weighted by molar-refractivity contribution is 0.489. The molecule has 0 fully saturated rings. The van der Waals surface area contributed by atoms with Crippen molar-refractivity contribution in [3.05, 3.63) is 53.1 Å². The number of rotatable bonds is 3. The number of oxazole rings is 1. The van der Waals surface area contributed by atoms with Crippen LogP contribution in [0.4, 0.5) is 5.69 Å². The van der Waals surface area contributed by atoms with E-state index in [0.717, 1.165) is 16.7 Å². The van der Waals surface area contributed by atoms with Gasteiger partial charge in [-0.25, -0.2) is 4.98 Å². The normalized spacial score (nSPS) is 11.0. The standard InChI is InChI=1S/C14H11ClN2OS/c15-11-6-5-10(16)7-9(11)8-19-14-17-12-3-1-2-4-13(12)18-14/h1-7H,8,16H2. The molecule has 19 heavy (non-hydrogen) atoms. The van der Waals surface area contributed by atoms with Crippen molar-refractivity contribution in [1.82, 2.24) is 4.98 Å². The van der Waals surface area contributed by atoms with Gasteiger partial charge in [-0.2, -0.15) is 0 Å². The molecule has 3 rings (SSSR count). The molecule has 3 aromatic rings. The fraction of sp³-hybridized carbons (Fsp3) is 0.0714. The van der Waals surface area contributed by atoms with Crippen molar-refractivity contribution in [1.29, 1.82) is 0 Å². The van der Waals surface area contributed by atoms with Crippen LogP contribution in [0, 0.1) is 0 Å². The quantitative estimate of drug-likeness (QED) is 0.575.